The molecule has 1 unspecified atom stereocenters. The minimum Gasteiger partial charge on any atom is -0.302 e. The maximum Gasteiger partial charge on any atom is 0.0582 e. The van der Waals surface area contributed by atoms with Crippen molar-refractivity contribution in [2.75, 3.05) is 0 Å². The summed E-state index contributed by atoms with van der Waals surface area (Å²) >= 11 is 0. The second kappa shape index (κ2) is 4.34. The van der Waals surface area contributed by atoms with E-state index in [9.17, 15) is 0 Å². The zero-order chi connectivity index (χ0) is 11.7. The fourth-order valence-electron chi connectivity index (χ4n) is 2.59. The molecule has 0 aliphatic carbocycles. The Morgan fingerprint density at radius 3 is 2.88 bits per heavy atom. The third kappa shape index (κ3) is 1.87. The van der Waals surface area contributed by atoms with Crippen LogP contribution in [0.25, 0.3) is 0 Å². The Hall–Kier alpha value is -1.60. The SMILES string of the molecule is CCc1cccc(C2NCc3ccccc32)c1. The molecule has 1 aliphatic heterocycles. The molecule has 3 rings (SSSR count). The molecule has 0 fully saturated rings. The molecular formula is C16H17N. The van der Waals surface area contributed by atoms with Crippen molar-refractivity contribution in [3.8, 4) is 0 Å². The van der Waals surface area contributed by atoms with Crippen LogP contribution >= 0.6 is 0 Å². The van der Waals surface area contributed by atoms with Gasteiger partial charge in [0.25, 0.3) is 0 Å². The molecule has 1 heterocycles. The van der Waals surface area contributed by atoms with Crippen molar-refractivity contribution in [2.45, 2.75) is 25.9 Å². The molecule has 0 saturated carbocycles. The van der Waals surface area contributed by atoms with E-state index in [4.69, 9.17) is 0 Å². The summed E-state index contributed by atoms with van der Waals surface area (Å²) in [7, 11) is 0. The van der Waals surface area contributed by atoms with Crippen molar-refractivity contribution >= 4 is 0 Å². The summed E-state index contributed by atoms with van der Waals surface area (Å²) in [5.41, 5.74) is 5.66. The molecule has 1 atom stereocenters. The van der Waals surface area contributed by atoms with E-state index in [0.29, 0.717) is 6.04 Å². The lowest BCUT2D eigenvalue weighted by molar-refractivity contribution is 0.666. The second-order valence-corrected chi connectivity index (χ2v) is 4.61. The predicted molar refractivity (Wildman–Crippen MR) is 70.9 cm³/mol. The van der Waals surface area contributed by atoms with Crippen LogP contribution in [0, 0.1) is 0 Å². The molecule has 86 valence electrons. The van der Waals surface area contributed by atoms with E-state index in [0.717, 1.165) is 13.0 Å². The van der Waals surface area contributed by atoms with Crippen molar-refractivity contribution in [1.29, 1.82) is 0 Å². The van der Waals surface area contributed by atoms with E-state index in [-0.39, 0.29) is 0 Å². The van der Waals surface area contributed by atoms with Crippen LogP contribution in [0.5, 0.6) is 0 Å². The van der Waals surface area contributed by atoms with Crippen LogP contribution in [0.15, 0.2) is 48.5 Å². The maximum atomic E-state index is 3.59. The first-order chi connectivity index (χ1) is 8.38. The standard InChI is InChI=1S/C16H17N/c1-2-12-6-5-8-13(10-12)16-15-9-4-3-7-14(15)11-17-16/h3-10,16-17H,2,11H2,1H3. The van der Waals surface area contributed by atoms with Gasteiger partial charge in [-0.2, -0.15) is 0 Å². The number of benzene rings is 2. The van der Waals surface area contributed by atoms with Crippen molar-refractivity contribution < 1.29 is 0 Å². The van der Waals surface area contributed by atoms with Gasteiger partial charge in [0, 0.05) is 6.54 Å². The molecule has 1 aliphatic rings. The van der Waals surface area contributed by atoms with E-state index in [1.165, 1.54) is 22.3 Å². The molecule has 0 radical (unpaired) electrons. The van der Waals surface area contributed by atoms with Crippen molar-refractivity contribution in [3.05, 3.63) is 70.8 Å². The van der Waals surface area contributed by atoms with Crippen LogP contribution in [0.1, 0.15) is 35.2 Å². The van der Waals surface area contributed by atoms with E-state index < -0.39 is 0 Å². The van der Waals surface area contributed by atoms with Gasteiger partial charge in [0.05, 0.1) is 6.04 Å². The fraction of sp³-hybridized carbons (Fsp3) is 0.250. The van der Waals surface area contributed by atoms with Gasteiger partial charge in [-0.3, -0.25) is 0 Å². The van der Waals surface area contributed by atoms with Gasteiger partial charge in [0.15, 0.2) is 0 Å². The van der Waals surface area contributed by atoms with Gasteiger partial charge < -0.3 is 5.32 Å². The highest BCUT2D eigenvalue weighted by molar-refractivity contribution is 5.41. The lowest BCUT2D eigenvalue weighted by atomic mass is 9.97. The lowest BCUT2D eigenvalue weighted by Gasteiger charge is -2.13. The third-order valence-corrected chi connectivity index (χ3v) is 3.56. The number of fused-ring (bicyclic) bond motifs is 1. The molecule has 1 nitrogen and oxygen atoms in total. The zero-order valence-electron chi connectivity index (χ0n) is 10.1. The van der Waals surface area contributed by atoms with E-state index in [1.54, 1.807) is 0 Å². The maximum absolute atomic E-state index is 3.59. The van der Waals surface area contributed by atoms with Crippen LogP contribution in [0.2, 0.25) is 0 Å². The van der Waals surface area contributed by atoms with Crippen LogP contribution in [0.3, 0.4) is 0 Å². The summed E-state index contributed by atoms with van der Waals surface area (Å²) < 4.78 is 0. The molecule has 0 bridgehead atoms. The molecular weight excluding hydrogens is 206 g/mol. The Morgan fingerprint density at radius 1 is 1.12 bits per heavy atom. The first-order valence-electron chi connectivity index (χ1n) is 6.28. The summed E-state index contributed by atoms with van der Waals surface area (Å²) in [5.74, 6) is 0. The van der Waals surface area contributed by atoms with Gasteiger partial charge in [-0.1, -0.05) is 55.5 Å². The molecule has 0 amide bonds. The largest absolute Gasteiger partial charge is 0.302 e. The normalized spacial score (nSPS) is 18.1. The van der Waals surface area contributed by atoms with Gasteiger partial charge in [-0.15, -0.1) is 0 Å². The first kappa shape index (κ1) is 10.5. The van der Waals surface area contributed by atoms with Gasteiger partial charge in [0.2, 0.25) is 0 Å². The van der Waals surface area contributed by atoms with Crippen molar-refractivity contribution in [2.24, 2.45) is 0 Å². The molecule has 0 saturated heterocycles. The monoisotopic (exact) mass is 223 g/mol. The fourth-order valence-corrected chi connectivity index (χ4v) is 2.59. The smallest absolute Gasteiger partial charge is 0.0582 e. The number of nitrogens with one attached hydrogen (secondary N) is 1. The number of rotatable bonds is 2. The van der Waals surface area contributed by atoms with Crippen molar-refractivity contribution in [1.82, 2.24) is 5.32 Å². The Balaban J connectivity index is 2.01. The lowest BCUT2D eigenvalue weighted by Crippen LogP contribution is -2.13. The van der Waals surface area contributed by atoms with Gasteiger partial charge in [0.1, 0.15) is 0 Å². The quantitative estimate of drug-likeness (QED) is 0.822. The summed E-state index contributed by atoms with van der Waals surface area (Å²) in [5, 5.41) is 3.59. The molecule has 17 heavy (non-hydrogen) atoms. The molecule has 2 aromatic carbocycles. The minimum atomic E-state index is 0.373. The van der Waals surface area contributed by atoms with Crippen LogP contribution in [-0.2, 0) is 13.0 Å². The highest BCUT2D eigenvalue weighted by Gasteiger charge is 2.22. The Labute approximate surface area is 102 Å². The van der Waals surface area contributed by atoms with Crippen LogP contribution in [0.4, 0.5) is 0 Å². The molecule has 0 spiro atoms. The van der Waals surface area contributed by atoms with E-state index in [1.807, 2.05) is 0 Å². The average Bonchev–Trinajstić information content (AvgIpc) is 2.82. The molecule has 2 aromatic rings. The first-order valence-corrected chi connectivity index (χ1v) is 6.28. The van der Waals surface area contributed by atoms with E-state index in [2.05, 4.69) is 60.8 Å². The van der Waals surface area contributed by atoms with Gasteiger partial charge >= 0.3 is 0 Å². The van der Waals surface area contributed by atoms with Crippen LogP contribution < -0.4 is 5.32 Å². The minimum absolute atomic E-state index is 0.373. The molecule has 0 aromatic heterocycles. The summed E-state index contributed by atoms with van der Waals surface area (Å²) in [6, 6.07) is 18.0. The third-order valence-electron chi connectivity index (χ3n) is 3.56. The predicted octanol–water partition coefficient (Wildman–Crippen LogP) is 3.44. The number of hydrogen-bond acceptors (Lipinski definition) is 1. The van der Waals surface area contributed by atoms with E-state index >= 15 is 0 Å². The highest BCUT2D eigenvalue weighted by atomic mass is 14.9. The zero-order valence-corrected chi connectivity index (χ0v) is 10.1. The second-order valence-electron chi connectivity index (χ2n) is 4.61. The number of hydrogen-bond donors (Lipinski definition) is 1. The van der Waals surface area contributed by atoms with Gasteiger partial charge in [-0.05, 0) is 28.7 Å². The van der Waals surface area contributed by atoms with Crippen LogP contribution in [-0.4, -0.2) is 0 Å². The Bertz CT molecular complexity index is 531. The molecule has 1 N–H and O–H groups in total. The van der Waals surface area contributed by atoms with Gasteiger partial charge in [-0.25, -0.2) is 0 Å². The summed E-state index contributed by atoms with van der Waals surface area (Å²) in [4.78, 5) is 0. The van der Waals surface area contributed by atoms with Crippen molar-refractivity contribution in [3.63, 3.8) is 0 Å². The topological polar surface area (TPSA) is 12.0 Å². The Kier molecular flexibility index (Phi) is 2.69. The Morgan fingerprint density at radius 2 is 2.00 bits per heavy atom. The summed E-state index contributed by atoms with van der Waals surface area (Å²) in [6.07, 6.45) is 1.10. The average molecular weight is 223 g/mol. The highest BCUT2D eigenvalue weighted by Crippen LogP contribution is 2.30. The number of aryl methyl sites for hydroxylation is 1. The molecule has 1 heteroatoms. The summed E-state index contributed by atoms with van der Waals surface area (Å²) in [6.45, 7) is 3.19.